The molecule has 2 aromatic carbocycles. The van der Waals surface area contributed by atoms with Crippen molar-refractivity contribution >= 4 is 28.5 Å². The summed E-state index contributed by atoms with van der Waals surface area (Å²) in [4.78, 5) is 18.7. The van der Waals surface area contributed by atoms with Gasteiger partial charge in [-0.2, -0.15) is 0 Å². The number of aromatic nitrogens is 2. The van der Waals surface area contributed by atoms with Crippen molar-refractivity contribution in [1.82, 2.24) is 14.5 Å². The number of fused-ring (bicyclic) bond motifs is 1. The van der Waals surface area contributed by atoms with Gasteiger partial charge in [0, 0.05) is 29.4 Å². The van der Waals surface area contributed by atoms with E-state index in [2.05, 4.69) is 4.98 Å². The Balaban J connectivity index is 1.73. The van der Waals surface area contributed by atoms with E-state index in [1.54, 1.807) is 6.33 Å². The minimum Gasteiger partial charge on any atom is -0.339 e. The van der Waals surface area contributed by atoms with Crippen LogP contribution in [0.25, 0.3) is 16.7 Å². The highest BCUT2D eigenvalue weighted by Crippen LogP contribution is 2.27. The highest BCUT2D eigenvalue weighted by atomic mass is 35.5. The van der Waals surface area contributed by atoms with Crippen LogP contribution in [0.15, 0.2) is 48.8 Å². The molecule has 0 aliphatic heterocycles. The van der Waals surface area contributed by atoms with Gasteiger partial charge in [-0.3, -0.25) is 9.36 Å². The van der Waals surface area contributed by atoms with Crippen LogP contribution in [0.2, 0.25) is 5.02 Å². The first-order chi connectivity index (χ1) is 11.1. The number of nitrogens with zero attached hydrogens (tertiary/aromatic N) is 3. The quantitative estimate of drug-likeness (QED) is 0.732. The molecule has 116 valence electrons. The molecule has 0 saturated heterocycles. The average Bonchev–Trinajstić information content (AvgIpc) is 3.32. The molecular weight excluding hydrogens is 310 g/mol. The molecule has 1 saturated carbocycles. The van der Waals surface area contributed by atoms with E-state index in [1.807, 2.05) is 59.0 Å². The summed E-state index contributed by atoms with van der Waals surface area (Å²) in [6.07, 6.45) is 3.97. The molecule has 1 heterocycles. The van der Waals surface area contributed by atoms with Crippen molar-refractivity contribution in [3.05, 3.63) is 59.4 Å². The Morgan fingerprint density at radius 1 is 1.26 bits per heavy atom. The fourth-order valence-corrected chi connectivity index (χ4v) is 2.99. The molecule has 0 bridgehead atoms. The molecule has 0 atom stereocenters. The maximum absolute atomic E-state index is 12.5. The number of halogens is 1. The van der Waals surface area contributed by atoms with E-state index in [0.29, 0.717) is 16.6 Å². The summed E-state index contributed by atoms with van der Waals surface area (Å²) >= 11 is 6.07. The van der Waals surface area contributed by atoms with Crippen LogP contribution in [0, 0.1) is 0 Å². The summed E-state index contributed by atoms with van der Waals surface area (Å²) in [5.41, 5.74) is 3.40. The lowest BCUT2D eigenvalue weighted by atomic mass is 10.1. The number of carbonyl (C=O) groups excluding carboxylic acids is 1. The van der Waals surface area contributed by atoms with E-state index in [9.17, 15) is 4.79 Å². The van der Waals surface area contributed by atoms with Crippen molar-refractivity contribution in [3.8, 4) is 5.69 Å². The molecule has 0 radical (unpaired) electrons. The van der Waals surface area contributed by atoms with Gasteiger partial charge in [-0.15, -0.1) is 0 Å². The van der Waals surface area contributed by atoms with Crippen LogP contribution in [0.4, 0.5) is 0 Å². The Morgan fingerprint density at radius 3 is 2.83 bits per heavy atom. The Labute approximate surface area is 139 Å². The number of rotatable bonds is 3. The van der Waals surface area contributed by atoms with Gasteiger partial charge in [-0.05, 0) is 49.2 Å². The lowest BCUT2D eigenvalue weighted by Gasteiger charge is -2.16. The van der Waals surface area contributed by atoms with Crippen LogP contribution in [-0.4, -0.2) is 33.4 Å². The van der Waals surface area contributed by atoms with Crippen molar-refractivity contribution < 1.29 is 4.79 Å². The zero-order chi connectivity index (χ0) is 16.0. The summed E-state index contributed by atoms with van der Waals surface area (Å²) in [6, 6.07) is 13.7. The van der Waals surface area contributed by atoms with Gasteiger partial charge in [0.15, 0.2) is 0 Å². The van der Waals surface area contributed by atoms with E-state index >= 15 is 0 Å². The van der Waals surface area contributed by atoms with Gasteiger partial charge in [0.25, 0.3) is 5.91 Å². The van der Waals surface area contributed by atoms with Gasteiger partial charge >= 0.3 is 0 Å². The Bertz CT molecular complexity index is 898. The van der Waals surface area contributed by atoms with Crippen LogP contribution >= 0.6 is 11.6 Å². The smallest absolute Gasteiger partial charge is 0.253 e. The zero-order valence-electron chi connectivity index (χ0n) is 12.7. The third kappa shape index (κ3) is 2.59. The van der Waals surface area contributed by atoms with Gasteiger partial charge in [0.1, 0.15) is 6.33 Å². The number of carbonyl (C=O) groups is 1. The summed E-state index contributed by atoms with van der Waals surface area (Å²) in [6.45, 7) is 0. The minimum absolute atomic E-state index is 0.0618. The van der Waals surface area contributed by atoms with Crippen LogP contribution in [0.5, 0.6) is 0 Å². The molecule has 1 amide bonds. The van der Waals surface area contributed by atoms with Crippen molar-refractivity contribution in [1.29, 1.82) is 0 Å². The van der Waals surface area contributed by atoms with Gasteiger partial charge in [-0.25, -0.2) is 4.98 Å². The fraction of sp³-hybridized carbons (Fsp3) is 0.222. The van der Waals surface area contributed by atoms with E-state index in [0.717, 1.165) is 29.6 Å². The van der Waals surface area contributed by atoms with Crippen molar-refractivity contribution in [2.45, 2.75) is 18.9 Å². The SMILES string of the molecule is CN(C(=O)c1ccc2c(c1)ncn2-c1cccc(Cl)c1)C1CC1. The van der Waals surface area contributed by atoms with Crippen molar-refractivity contribution in [2.75, 3.05) is 7.05 Å². The summed E-state index contributed by atoms with van der Waals surface area (Å²) in [5.74, 6) is 0.0618. The number of amides is 1. The van der Waals surface area contributed by atoms with Crippen LogP contribution < -0.4 is 0 Å². The second-order valence-electron chi connectivity index (χ2n) is 5.95. The molecule has 0 spiro atoms. The second-order valence-corrected chi connectivity index (χ2v) is 6.38. The van der Waals surface area contributed by atoms with E-state index in [-0.39, 0.29) is 5.91 Å². The van der Waals surface area contributed by atoms with Gasteiger partial charge in [0.05, 0.1) is 11.0 Å². The number of imidazole rings is 1. The Morgan fingerprint density at radius 2 is 2.09 bits per heavy atom. The molecule has 1 aliphatic carbocycles. The van der Waals surface area contributed by atoms with Gasteiger partial charge in [-0.1, -0.05) is 17.7 Å². The largest absolute Gasteiger partial charge is 0.339 e. The first kappa shape index (κ1) is 14.3. The molecule has 4 rings (SSSR count). The summed E-state index contributed by atoms with van der Waals surface area (Å²) in [7, 11) is 1.87. The van der Waals surface area contributed by atoms with Crippen LogP contribution in [0.3, 0.4) is 0 Å². The minimum atomic E-state index is 0.0618. The number of hydrogen-bond donors (Lipinski definition) is 0. The predicted molar refractivity (Wildman–Crippen MR) is 91.2 cm³/mol. The zero-order valence-corrected chi connectivity index (χ0v) is 13.5. The van der Waals surface area contributed by atoms with Crippen molar-refractivity contribution in [3.63, 3.8) is 0 Å². The third-order valence-electron chi connectivity index (χ3n) is 4.30. The lowest BCUT2D eigenvalue weighted by Crippen LogP contribution is -2.28. The number of benzene rings is 2. The Kier molecular flexibility index (Phi) is 3.34. The molecule has 1 fully saturated rings. The molecule has 4 nitrogen and oxygen atoms in total. The maximum Gasteiger partial charge on any atom is 0.253 e. The molecule has 1 aliphatic rings. The van der Waals surface area contributed by atoms with Crippen LogP contribution in [0.1, 0.15) is 23.2 Å². The topological polar surface area (TPSA) is 38.1 Å². The van der Waals surface area contributed by atoms with Crippen LogP contribution in [-0.2, 0) is 0 Å². The van der Waals surface area contributed by atoms with Crippen molar-refractivity contribution in [2.24, 2.45) is 0 Å². The molecular formula is C18H16ClN3O. The molecule has 0 unspecified atom stereocenters. The standard InChI is InChI=1S/C18H16ClN3O/c1-21(14-6-7-14)18(23)12-5-8-17-16(9-12)20-11-22(17)15-4-2-3-13(19)10-15/h2-5,8-11,14H,6-7H2,1H3. The molecule has 1 aromatic heterocycles. The lowest BCUT2D eigenvalue weighted by molar-refractivity contribution is 0.0785. The highest BCUT2D eigenvalue weighted by Gasteiger charge is 2.30. The maximum atomic E-state index is 12.5. The average molecular weight is 326 g/mol. The summed E-state index contributed by atoms with van der Waals surface area (Å²) < 4.78 is 1.97. The number of hydrogen-bond acceptors (Lipinski definition) is 2. The summed E-state index contributed by atoms with van der Waals surface area (Å²) in [5, 5.41) is 0.683. The monoisotopic (exact) mass is 325 g/mol. The fourth-order valence-electron chi connectivity index (χ4n) is 2.81. The first-order valence-electron chi connectivity index (χ1n) is 7.64. The van der Waals surface area contributed by atoms with E-state index in [4.69, 9.17) is 11.6 Å². The highest BCUT2D eigenvalue weighted by molar-refractivity contribution is 6.30. The van der Waals surface area contributed by atoms with E-state index in [1.165, 1.54) is 0 Å². The Hall–Kier alpha value is -2.33. The first-order valence-corrected chi connectivity index (χ1v) is 8.01. The molecule has 0 N–H and O–H groups in total. The molecule has 23 heavy (non-hydrogen) atoms. The second kappa shape index (κ2) is 5.39. The van der Waals surface area contributed by atoms with Gasteiger partial charge in [0.2, 0.25) is 0 Å². The predicted octanol–water partition coefficient (Wildman–Crippen LogP) is 3.91. The third-order valence-corrected chi connectivity index (χ3v) is 4.53. The van der Waals surface area contributed by atoms with Gasteiger partial charge < -0.3 is 4.90 Å². The van der Waals surface area contributed by atoms with E-state index < -0.39 is 0 Å². The molecule has 5 heteroatoms. The molecule has 3 aromatic rings. The normalized spacial score (nSPS) is 14.2.